The van der Waals surface area contributed by atoms with Crippen LogP contribution in [-0.2, 0) is 10.9 Å². The van der Waals surface area contributed by atoms with Gasteiger partial charge < -0.3 is 10.1 Å². The van der Waals surface area contributed by atoms with Gasteiger partial charge in [-0.1, -0.05) is 0 Å². The third kappa shape index (κ3) is 3.23. The predicted octanol–water partition coefficient (Wildman–Crippen LogP) is 3.56. The van der Waals surface area contributed by atoms with E-state index in [1.165, 1.54) is 12.1 Å². The van der Waals surface area contributed by atoms with Crippen molar-refractivity contribution in [1.29, 1.82) is 5.26 Å². The largest absolute Gasteiger partial charge is 0.417 e. The molecule has 1 saturated heterocycles. The molecule has 1 aliphatic heterocycles. The number of alkyl halides is 3. The predicted molar refractivity (Wildman–Crippen MR) is 68.2 cm³/mol. The van der Waals surface area contributed by atoms with Crippen molar-refractivity contribution >= 4 is 5.69 Å². The highest BCUT2D eigenvalue weighted by Crippen LogP contribution is 2.35. The molecule has 3 nitrogen and oxygen atoms in total. The van der Waals surface area contributed by atoms with Crippen LogP contribution in [0, 0.1) is 11.3 Å². The minimum atomic E-state index is -4.53. The van der Waals surface area contributed by atoms with Crippen LogP contribution in [0.3, 0.4) is 0 Å². The Kier molecular flexibility index (Phi) is 3.91. The SMILES string of the molecule is CC1(Nc2ccc(C#N)c(C(F)(F)F)c2)CCOCC1. The first-order valence-corrected chi connectivity index (χ1v) is 6.31. The summed E-state index contributed by atoms with van der Waals surface area (Å²) in [4.78, 5) is 0. The molecule has 1 heterocycles. The molecule has 6 heteroatoms. The Bertz CT molecular complexity index is 528. The van der Waals surface area contributed by atoms with E-state index in [1.54, 1.807) is 6.07 Å². The van der Waals surface area contributed by atoms with Crippen molar-refractivity contribution in [3.05, 3.63) is 29.3 Å². The highest BCUT2D eigenvalue weighted by atomic mass is 19.4. The van der Waals surface area contributed by atoms with E-state index in [1.807, 2.05) is 6.92 Å². The molecule has 0 saturated carbocycles. The van der Waals surface area contributed by atoms with Crippen LogP contribution < -0.4 is 5.32 Å². The number of rotatable bonds is 2. The van der Waals surface area contributed by atoms with Gasteiger partial charge in [-0.15, -0.1) is 0 Å². The Morgan fingerprint density at radius 1 is 1.30 bits per heavy atom. The lowest BCUT2D eigenvalue weighted by molar-refractivity contribution is -0.137. The molecule has 0 radical (unpaired) electrons. The van der Waals surface area contributed by atoms with Crippen LogP contribution in [-0.4, -0.2) is 18.8 Å². The zero-order valence-corrected chi connectivity index (χ0v) is 11.0. The third-order valence-electron chi connectivity index (χ3n) is 3.49. The fourth-order valence-corrected chi connectivity index (χ4v) is 2.25. The molecule has 0 aliphatic carbocycles. The van der Waals surface area contributed by atoms with Crippen molar-refractivity contribution in [3.63, 3.8) is 0 Å². The molecule has 1 fully saturated rings. The highest BCUT2D eigenvalue weighted by molar-refractivity contribution is 5.54. The number of ether oxygens (including phenoxy) is 1. The second kappa shape index (κ2) is 5.33. The van der Waals surface area contributed by atoms with Gasteiger partial charge in [0.05, 0.1) is 17.2 Å². The number of nitrogens with zero attached hydrogens (tertiary/aromatic N) is 1. The van der Waals surface area contributed by atoms with E-state index in [0.717, 1.165) is 18.9 Å². The van der Waals surface area contributed by atoms with Crippen LogP contribution in [0.4, 0.5) is 18.9 Å². The summed E-state index contributed by atoms with van der Waals surface area (Å²) >= 11 is 0. The van der Waals surface area contributed by atoms with Crippen molar-refractivity contribution < 1.29 is 17.9 Å². The van der Waals surface area contributed by atoms with Crippen LogP contribution >= 0.6 is 0 Å². The average Bonchev–Trinajstić information content (AvgIpc) is 2.38. The van der Waals surface area contributed by atoms with E-state index in [9.17, 15) is 13.2 Å². The van der Waals surface area contributed by atoms with Gasteiger partial charge >= 0.3 is 6.18 Å². The summed E-state index contributed by atoms with van der Waals surface area (Å²) in [7, 11) is 0. The molecule has 0 spiro atoms. The number of halogens is 3. The second-order valence-corrected chi connectivity index (χ2v) is 5.17. The number of nitriles is 1. The minimum absolute atomic E-state index is 0.282. The molecule has 0 aromatic heterocycles. The summed E-state index contributed by atoms with van der Waals surface area (Å²) in [6.07, 6.45) is -3.07. The molecular weight excluding hydrogens is 269 g/mol. The third-order valence-corrected chi connectivity index (χ3v) is 3.49. The maximum Gasteiger partial charge on any atom is 0.417 e. The normalized spacial score (nSPS) is 18.4. The lowest BCUT2D eigenvalue weighted by Crippen LogP contribution is -2.40. The molecule has 2 rings (SSSR count). The molecule has 1 aliphatic rings. The maximum absolute atomic E-state index is 12.9. The number of hydrogen-bond acceptors (Lipinski definition) is 3. The van der Waals surface area contributed by atoms with Gasteiger partial charge in [0.2, 0.25) is 0 Å². The van der Waals surface area contributed by atoms with E-state index >= 15 is 0 Å². The lowest BCUT2D eigenvalue weighted by atomic mass is 9.92. The summed E-state index contributed by atoms with van der Waals surface area (Å²) in [6.45, 7) is 3.14. The molecule has 0 bridgehead atoms. The van der Waals surface area contributed by atoms with Gasteiger partial charge in [-0.05, 0) is 38.0 Å². The fourth-order valence-electron chi connectivity index (χ4n) is 2.25. The Morgan fingerprint density at radius 3 is 2.50 bits per heavy atom. The van der Waals surface area contributed by atoms with Gasteiger partial charge in [0, 0.05) is 24.4 Å². The van der Waals surface area contributed by atoms with Crippen molar-refractivity contribution in [2.75, 3.05) is 18.5 Å². The zero-order chi connectivity index (χ0) is 14.8. The van der Waals surface area contributed by atoms with Crippen molar-refractivity contribution in [1.82, 2.24) is 0 Å². The van der Waals surface area contributed by atoms with Gasteiger partial charge in [0.15, 0.2) is 0 Å². The van der Waals surface area contributed by atoms with E-state index in [0.29, 0.717) is 18.9 Å². The number of hydrogen-bond donors (Lipinski definition) is 1. The Balaban J connectivity index is 2.28. The summed E-state index contributed by atoms with van der Waals surface area (Å²) in [5.74, 6) is 0. The van der Waals surface area contributed by atoms with E-state index < -0.39 is 11.7 Å². The summed E-state index contributed by atoms with van der Waals surface area (Å²) in [6, 6.07) is 5.28. The van der Waals surface area contributed by atoms with E-state index in [4.69, 9.17) is 10.00 Å². The fraction of sp³-hybridized carbons (Fsp3) is 0.500. The number of benzene rings is 1. The zero-order valence-electron chi connectivity index (χ0n) is 11.0. The first kappa shape index (κ1) is 14.7. The van der Waals surface area contributed by atoms with Crippen LogP contribution in [0.1, 0.15) is 30.9 Å². The molecule has 108 valence electrons. The van der Waals surface area contributed by atoms with E-state index in [2.05, 4.69) is 5.32 Å². The molecule has 0 unspecified atom stereocenters. The van der Waals surface area contributed by atoms with Gasteiger partial charge in [0.25, 0.3) is 0 Å². The summed E-state index contributed by atoms with van der Waals surface area (Å²) in [5, 5.41) is 11.9. The van der Waals surface area contributed by atoms with Crippen molar-refractivity contribution in [2.45, 2.75) is 31.5 Å². The smallest absolute Gasteiger partial charge is 0.381 e. The maximum atomic E-state index is 12.9. The molecule has 1 N–H and O–H groups in total. The average molecular weight is 284 g/mol. The lowest BCUT2D eigenvalue weighted by Gasteiger charge is -2.35. The van der Waals surface area contributed by atoms with Crippen LogP contribution in [0.5, 0.6) is 0 Å². The Hall–Kier alpha value is -1.74. The molecular formula is C14H15F3N2O. The quantitative estimate of drug-likeness (QED) is 0.903. The second-order valence-electron chi connectivity index (χ2n) is 5.17. The molecule has 1 aromatic carbocycles. The van der Waals surface area contributed by atoms with Crippen LogP contribution in [0.25, 0.3) is 0 Å². The van der Waals surface area contributed by atoms with Gasteiger partial charge in [0.1, 0.15) is 0 Å². The monoisotopic (exact) mass is 284 g/mol. The molecule has 0 amide bonds. The first-order valence-electron chi connectivity index (χ1n) is 6.31. The highest BCUT2D eigenvalue weighted by Gasteiger charge is 2.34. The standard InChI is InChI=1S/C14H15F3N2O/c1-13(4-6-20-7-5-13)19-11-3-2-10(9-18)12(8-11)14(15,16)17/h2-3,8,19H,4-7H2,1H3. The van der Waals surface area contributed by atoms with Crippen LogP contribution in [0.15, 0.2) is 18.2 Å². The van der Waals surface area contributed by atoms with Gasteiger partial charge in [-0.25, -0.2) is 0 Å². The van der Waals surface area contributed by atoms with Gasteiger partial charge in [-0.2, -0.15) is 18.4 Å². The summed E-state index contributed by atoms with van der Waals surface area (Å²) in [5.41, 5.74) is -1.17. The van der Waals surface area contributed by atoms with E-state index in [-0.39, 0.29) is 11.1 Å². The Labute approximate surface area is 115 Å². The number of anilines is 1. The van der Waals surface area contributed by atoms with Crippen molar-refractivity contribution in [2.24, 2.45) is 0 Å². The molecule has 1 aromatic rings. The Morgan fingerprint density at radius 2 is 1.95 bits per heavy atom. The van der Waals surface area contributed by atoms with Gasteiger partial charge in [-0.3, -0.25) is 0 Å². The number of nitrogens with one attached hydrogen (secondary N) is 1. The molecule has 0 atom stereocenters. The topological polar surface area (TPSA) is 45.0 Å². The minimum Gasteiger partial charge on any atom is -0.381 e. The van der Waals surface area contributed by atoms with Crippen LogP contribution in [0.2, 0.25) is 0 Å². The molecule has 20 heavy (non-hydrogen) atoms. The first-order chi connectivity index (χ1) is 9.34. The van der Waals surface area contributed by atoms with Crippen molar-refractivity contribution in [3.8, 4) is 6.07 Å². The summed E-state index contributed by atoms with van der Waals surface area (Å²) < 4.78 is 43.9.